The topological polar surface area (TPSA) is 204 Å². The van der Waals surface area contributed by atoms with E-state index in [1.807, 2.05) is 36.5 Å². The van der Waals surface area contributed by atoms with Gasteiger partial charge in [0.05, 0.1) is 43.8 Å². The molecule has 2 aliphatic heterocycles. The molecule has 1 aromatic heterocycles. The SMILES string of the molecule is COc1ccc2c(c1)CC(C(=O)Nc1ccc(-c3cn[nH]c3)cc1N(C)CCN1CCOCC1)CO2.O=C(O)C(F)(F)F.O=C(O)C(F)(F)F.O=C(O)C(F)(F)F. The number of ether oxygens (including phenoxy) is 3. The van der Waals surface area contributed by atoms with E-state index >= 15 is 0 Å². The van der Waals surface area contributed by atoms with E-state index in [0.29, 0.717) is 13.0 Å². The molecule has 0 saturated carbocycles. The van der Waals surface area contributed by atoms with Crippen LogP contribution in [0, 0.1) is 5.92 Å². The van der Waals surface area contributed by atoms with Gasteiger partial charge < -0.3 is 39.7 Å². The second kappa shape index (κ2) is 20.9. The number of aromatic nitrogens is 2. The zero-order valence-electron chi connectivity index (χ0n) is 29.8. The average molecular weight is 834 g/mol. The number of carboxylic acids is 3. The van der Waals surface area contributed by atoms with E-state index in [1.54, 1.807) is 13.3 Å². The number of carbonyl (C=O) groups excluding carboxylic acids is 1. The number of anilines is 2. The first kappa shape index (κ1) is 47.4. The fourth-order valence-corrected chi connectivity index (χ4v) is 4.68. The highest BCUT2D eigenvalue weighted by Crippen LogP contribution is 2.34. The fraction of sp³-hybridized carbons (Fsp3) is 0.424. The number of H-pyrrole nitrogens is 1. The summed E-state index contributed by atoms with van der Waals surface area (Å²) in [7, 11) is 3.71. The van der Waals surface area contributed by atoms with Gasteiger partial charge >= 0.3 is 36.4 Å². The Morgan fingerprint density at radius 3 is 1.95 bits per heavy atom. The molecule has 2 aromatic carbocycles. The summed E-state index contributed by atoms with van der Waals surface area (Å²) >= 11 is 0. The molecule has 5 rings (SSSR count). The lowest BCUT2D eigenvalue weighted by atomic mass is 9.95. The highest BCUT2D eigenvalue weighted by Gasteiger charge is 2.39. The smallest absolute Gasteiger partial charge is 0.490 e. The lowest BCUT2D eigenvalue weighted by Gasteiger charge is -2.30. The van der Waals surface area contributed by atoms with Gasteiger partial charge in [-0.2, -0.15) is 44.6 Å². The van der Waals surface area contributed by atoms with Gasteiger partial charge in [0, 0.05) is 45.0 Å². The second-order valence-corrected chi connectivity index (χ2v) is 11.7. The van der Waals surface area contributed by atoms with Crippen molar-refractivity contribution >= 4 is 35.2 Å². The molecule has 3 aromatic rings. The Morgan fingerprint density at radius 2 is 1.46 bits per heavy atom. The number of fused-ring (bicyclic) bond motifs is 1. The summed E-state index contributed by atoms with van der Waals surface area (Å²) in [4.78, 5) is 44.6. The number of amides is 1. The summed E-state index contributed by atoms with van der Waals surface area (Å²) in [6, 6.07) is 11.8. The van der Waals surface area contributed by atoms with Gasteiger partial charge in [-0.1, -0.05) is 6.07 Å². The minimum Gasteiger partial charge on any atom is -0.497 e. The molecule has 3 heterocycles. The van der Waals surface area contributed by atoms with E-state index < -0.39 is 36.4 Å². The molecular weight excluding hydrogens is 797 g/mol. The predicted octanol–water partition coefficient (Wildman–Crippen LogP) is 4.94. The van der Waals surface area contributed by atoms with Gasteiger partial charge in [0.25, 0.3) is 0 Å². The second-order valence-electron chi connectivity index (χ2n) is 11.7. The number of methoxy groups -OCH3 is 1. The van der Waals surface area contributed by atoms with Crippen LogP contribution >= 0.6 is 0 Å². The maximum Gasteiger partial charge on any atom is 0.490 e. The summed E-state index contributed by atoms with van der Waals surface area (Å²) in [6.07, 6.45) is -11.0. The van der Waals surface area contributed by atoms with Gasteiger partial charge in [-0.25, -0.2) is 14.4 Å². The molecule has 1 unspecified atom stereocenters. The van der Waals surface area contributed by atoms with Crippen molar-refractivity contribution in [2.45, 2.75) is 24.9 Å². The Kier molecular flexibility index (Phi) is 17.4. The number of hydrogen-bond acceptors (Lipinski definition) is 10. The van der Waals surface area contributed by atoms with E-state index in [4.69, 9.17) is 43.9 Å². The molecule has 316 valence electrons. The molecule has 15 nitrogen and oxygen atoms in total. The molecule has 0 aliphatic carbocycles. The van der Waals surface area contributed by atoms with Crippen LogP contribution in [0.25, 0.3) is 11.1 Å². The Hall–Kier alpha value is -5.78. The number of carbonyl (C=O) groups is 4. The molecule has 0 spiro atoms. The van der Waals surface area contributed by atoms with Crippen LogP contribution in [0.5, 0.6) is 11.5 Å². The number of hydrogen-bond donors (Lipinski definition) is 5. The maximum atomic E-state index is 13.3. The predicted molar refractivity (Wildman–Crippen MR) is 180 cm³/mol. The number of likely N-dealkylation sites (N-methyl/N-ethyl adjacent to an activating group) is 1. The third-order valence-electron chi connectivity index (χ3n) is 7.63. The van der Waals surface area contributed by atoms with Crippen molar-refractivity contribution < 1.29 is 88.2 Å². The number of aliphatic carboxylic acids is 3. The normalized spacial score (nSPS) is 15.3. The lowest BCUT2D eigenvalue weighted by molar-refractivity contribution is -0.193. The summed E-state index contributed by atoms with van der Waals surface area (Å²) in [5.41, 5.74) is 4.78. The number of carboxylic acid groups (broad SMARTS) is 3. The lowest BCUT2D eigenvalue weighted by Crippen LogP contribution is -2.41. The number of nitrogens with zero attached hydrogens (tertiary/aromatic N) is 3. The summed E-state index contributed by atoms with van der Waals surface area (Å²) in [5, 5.41) is 31.5. The molecule has 1 fully saturated rings. The van der Waals surface area contributed by atoms with Gasteiger partial charge in [-0.05, 0) is 47.9 Å². The monoisotopic (exact) mass is 833 g/mol. The molecule has 5 N–H and O–H groups in total. The van der Waals surface area contributed by atoms with Crippen molar-refractivity contribution in [3.8, 4) is 22.6 Å². The fourth-order valence-electron chi connectivity index (χ4n) is 4.68. The van der Waals surface area contributed by atoms with Crippen LogP contribution < -0.4 is 19.7 Å². The van der Waals surface area contributed by atoms with Gasteiger partial charge in [-0.15, -0.1) is 0 Å². The Bertz CT molecular complexity index is 1730. The van der Waals surface area contributed by atoms with Gasteiger partial charge in [0.1, 0.15) is 18.1 Å². The quantitative estimate of drug-likeness (QED) is 0.191. The first-order valence-corrected chi connectivity index (χ1v) is 16.1. The van der Waals surface area contributed by atoms with Gasteiger partial charge in [-0.3, -0.25) is 14.8 Å². The van der Waals surface area contributed by atoms with Crippen LogP contribution in [0.4, 0.5) is 50.9 Å². The molecule has 57 heavy (non-hydrogen) atoms. The summed E-state index contributed by atoms with van der Waals surface area (Å²) in [5.74, 6) is -7.04. The number of benzene rings is 2. The Balaban J connectivity index is 0.000000438. The Morgan fingerprint density at radius 1 is 0.895 bits per heavy atom. The molecule has 1 atom stereocenters. The van der Waals surface area contributed by atoms with Crippen LogP contribution in [0.1, 0.15) is 5.56 Å². The van der Waals surface area contributed by atoms with Gasteiger partial charge in [0.15, 0.2) is 0 Å². The first-order valence-electron chi connectivity index (χ1n) is 16.1. The van der Waals surface area contributed by atoms with E-state index in [9.17, 15) is 44.3 Å². The standard InChI is InChI=1S/C27H33N5O4.3C2HF3O2/c1-31(7-8-32-9-11-35-12-10-32)25-15-19(22-16-28-29-17-22)3-5-24(25)30-27(33)21-13-20-14-23(34-2)4-6-26(20)36-18-21;3*3-2(4,5)1(6)7/h3-6,14-17,21H,7-13,18H2,1-2H3,(H,28,29)(H,30,33);3*(H,6,7). The largest absolute Gasteiger partial charge is 0.497 e. The summed E-state index contributed by atoms with van der Waals surface area (Å²) < 4.78 is 112. The highest BCUT2D eigenvalue weighted by atomic mass is 19.4. The van der Waals surface area contributed by atoms with Crippen molar-refractivity contribution in [2.75, 3.05) is 70.4 Å². The van der Waals surface area contributed by atoms with Crippen molar-refractivity contribution in [3.05, 3.63) is 54.4 Å². The number of nitrogens with one attached hydrogen (secondary N) is 2. The molecular formula is C33H36F9N5O10. The first-order chi connectivity index (χ1) is 26.4. The van der Waals surface area contributed by atoms with E-state index in [2.05, 4.69) is 38.4 Å². The third kappa shape index (κ3) is 16.1. The summed E-state index contributed by atoms with van der Waals surface area (Å²) in [6.45, 7) is 5.55. The van der Waals surface area contributed by atoms with Gasteiger partial charge in [0.2, 0.25) is 5.91 Å². The van der Waals surface area contributed by atoms with E-state index in [1.165, 1.54) is 0 Å². The van der Waals surface area contributed by atoms with Crippen molar-refractivity contribution in [3.63, 3.8) is 0 Å². The number of rotatable bonds is 8. The molecule has 1 saturated heterocycles. The average Bonchev–Trinajstić information content (AvgIpc) is 3.69. The third-order valence-corrected chi connectivity index (χ3v) is 7.63. The minimum atomic E-state index is -5.08. The number of aromatic amines is 1. The molecule has 1 amide bonds. The van der Waals surface area contributed by atoms with Crippen LogP contribution in [0.2, 0.25) is 0 Å². The zero-order chi connectivity index (χ0) is 43.1. The molecule has 24 heteroatoms. The highest BCUT2D eigenvalue weighted by molar-refractivity contribution is 5.97. The Labute approximate surface area is 316 Å². The van der Waals surface area contributed by atoms with Crippen molar-refractivity contribution in [1.29, 1.82) is 0 Å². The van der Waals surface area contributed by atoms with E-state index in [0.717, 1.165) is 79.0 Å². The number of morpholine rings is 1. The van der Waals surface area contributed by atoms with Crippen LogP contribution in [0.3, 0.4) is 0 Å². The van der Waals surface area contributed by atoms with Crippen molar-refractivity contribution in [1.82, 2.24) is 15.1 Å². The van der Waals surface area contributed by atoms with Crippen LogP contribution in [-0.4, -0.2) is 133 Å². The minimum absolute atomic E-state index is 0.0534. The molecule has 0 bridgehead atoms. The van der Waals surface area contributed by atoms with Crippen molar-refractivity contribution in [2.24, 2.45) is 5.92 Å². The maximum absolute atomic E-state index is 13.3. The van der Waals surface area contributed by atoms with Crippen LogP contribution in [-0.2, 0) is 30.3 Å². The van der Waals surface area contributed by atoms with Crippen LogP contribution in [0.15, 0.2) is 48.8 Å². The number of halogens is 9. The molecule has 0 radical (unpaired) electrons. The number of alkyl halides is 9. The molecule has 2 aliphatic rings. The van der Waals surface area contributed by atoms with E-state index in [-0.39, 0.29) is 11.8 Å². The zero-order valence-corrected chi connectivity index (χ0v) is 29.8.